The van der Waals surface area contributed by atoms with Crippen LogP contribution >= 0.6 is 11.3 Å². The lowest BCUT2D eigenvalue weighted by Gasteiger charge is -2.21. The lowest BCUT2D eigenvalue weighted by atomic mass is 10.2. The van der Waals surface area contributed by atoms with Crippen molar-refractivity contribution in [2.24, 2.45) is 7.05 Å². The van der Waals surface area contributed by atoms with Gasteiger partial charge in [0.15, 0.2) is 0 Å². The Morgan fingerprint density at radius 1 is 1.48 bits per heavy atom. The smallest absolute Gasteiger partial charge is 0.408 e. The summed E-state index contributed by atoms with van der Waals surface area (Å²) in [6.07, 6.45) is 3.24. The molecule has 2 aromatic heterocycles. The highest BCUT2D eigenvalue weighted by molar-refractivity contribution is 7.10. The predicted octanol–water partition coefficient (Wildman–Crippen LogP) is 3.13. The van der Waals surface area contributed by atoms with E-state index in [2.05, 4.69) is 15.4 Å². The monoisotopic (exact) mass is 308 g/mol. The van der Waals surface area contributed by atoms with E-state index in [0.717, 1.165) is 16.3 Å². The molecule has 1 atom stereocenters. The molecule has 0 fully saturated rings. The molecule has 0 saturated carbocycles. The number of amides is 1. The average molecular weight is 308 g/mol. The van der Waals surface area contributed by atoms with Crippen LogP contribution in [0.25, 0.3) is 11.3 Å². The van der Waals surface area contributed by atoms with Gasteiger partial charge in [-0.15, -0.1) is 11.3 Å². The topological polar surface area (TPSA) is 69.0 Å². The molecule has 21 heavy (non-hydrogen) atoms. The van der Waals surface area contributed by atoms with E-state index < -0.39 is 11.7 Å². The number of carbonyl (C=O) groups excluding carboxylic acids is 1. The van der Waals surface area contributed by atoms with Gasteiger partial charge in [0.05, 0.1) is 17.9 Å². The highest BCUT2D eigenvalue weighted by atomic mass is 32.1. The van der Waals surface area contributed by atoms with Gasteiger partial charge in [-0.05, 0) is 27.7 Å². The van der Waals surface area contributed by atoms with Crippen LogP contribution in [0.3, 0.4) is 0 Å². The predicted molar refractivity (Wildman–Crippen MR) is 82.1 cm³/mol. The van der Waals surface area contributed by atoms with Crippen LogP contribution in [0.15, 0.2) is 17.8 Å². The first-order valence-corrected chi connectivity index (χ1v) is 7.56. The first-order valence-electron chi connectivity index (χ1n) is 6.68. The fourth-order valence-electron chi connectivity index (χ4n) is 1.72. The number of aryl methyl sites for hydroxylation is 1. The summed E-state index contributed by atoms with van der Waals surface area (Å²) >= 11 is 1.50. The number of hydrogen-bond donors (Lipinski definition) is 1. The highest BCUT2D eigenvalue weighted by Gasteiger charge is 2.20. The molecule has 0 spiro atoms. The third-order valence-corrected chi connectivity index (χ3v) is 3.65. The zero-order valence-corrected chi connectivity index (χ0v) is 13.7. The van der Waals surface area contributed by atoms with Crippen molar-refractivity contribution >= 4 is 17.4 Å². The Labute approximate surface area is 128 Å². The molecule has 0 aliphatic heterocycles. The fraction of sp³-hybridized carbons (Fsp3) is 0.500. The number of ether oxygens (including phenoxy) is 1. The van der Waals surface area contributed by atoms with Crippen LogP contribution < -0.4 is 5.32 Å². The maximum Gasteiger partial charge on any atom is 0.408 e. The van der Waals surface area contributed by atoms with Crippen LogP contribution in [0.2, 0.25) is 0 Å². The van der Waals surface area contributed by atoms with Crippen LogP contribution in [0, 0.1) is 0 Å². The summed E-state index contributed by atoms with van der Waals surface area (Å²) in [4.78, 5) is 16.3. The van der Waals surface area contributed by atoms with Crippen molar-refractivity contribution in [3.8, 4) is 11.3 Å². The second kappa shape index (κ2) is 5.85. The van der Waals surface area contributed by atoms with Crippen LogP contribution in [0.4, 0.5) is 4.79 Å². The van der Waals surface area contributed by atoms with E-state index in [1.54, 1.807) is 10.9 Å². The van der Waals surface area contributed by atoms with Gasteiger partial charge in [-0.3, -0.25) is 4.68 Å². The summed E-state index contributed by atoms with van der Waals surface area (Å²) in [5.41, 5.74) is 1.32. The molecule has 6 nitrogen and oxygen atoms in total. The molecule has 0 aliphatic carbocycles. The SMILES string of the molecule is CC(NC(=O)OC(C)(C)C)c1nc(-c2cnn(C)c2)cs1. The Morgan fingerprint density at radius 2 is 2.19 bits per heavy atom. The Balaban J connectivity index is 2.02. The molecule has 7 heteroatoms. The minimum absolute atomic E-state index is 0.199. The summed E-state index contributed by atoms with van der Waals surface area (Å²) in [6, 6.07) is -0.199. The summed E-state index contributed by atoms with van der Waals surface area (Å²) in [5, 5.41) is 9.71. The van der Waals surface area contributed by atoms with Crippen molar-refractivity contribution in [1.82, 2.24) is 20.1 Å². The third kappa shape index (κ3) is 4.29. The quantitative estimate of drug-likeness (QED) is 0.946. The molecule has 2 heterocycles. The fourth-order valence-corrected chi connectivity index (χ4v) is 2.55. The van der Waals surface area contributed by atoms with Crippen molar-refractivity contribution in [2.75, 3.05) is 0 Å². The van der Waals surface area contributed by atoms with Gasteiger partial charge in [-0.1, -0.05) is 0 Å². The van der Waals surface area contributed by atoms with Crippen molar-refractivity contribution < 1.29 is 9.53 Å². The first kappa shape index (κ1) is 15.5. The summed E-state index contributed by atoms with van der Waals surface area (Å²) in [7, 11) is 1.86. The molecule has 0 aliphatic rings. The van der Waals surface area contributed by atoms with Gasteiger partial charge in [-0.25, -0.2) is 9.78 Å². The number of rotatable bonds is 3. The highest BCUT2D eigenvalue weighted by Crippen LogP contribution is 2.25. The zero-order valence-electron chi connectivity index (χ0n) is 12.9. The molecule has 0 aromatic carbocycles. The first-order chi connectivity index (χ1) is 9.74. The Kier molecular flexibility index (Phi) is 4.32. The maximum absolute atomic E-state index is 11.8. The molecule has 2 rings (SSSR count). The maximum atomic E-state index is 11.8. The van der Waals surface area contributed by atoms with Gasteiger partial charge in [0.25, 0.3) is 0 Å². The van der Waals surface area contributed by atoms with E-state index in [0.29, 0.717) is 0 Å². The van der Waals surface area contributed by atoms with Crippen LogP contribution in [0.1, 0.15) is 38.7 Å². The number of nitrogens with one attached hydrogen (secondary N) is 1. The minimum atomic E-state index is -0.506. The van der Waals surface area contributed by atoms with E-state index in [9.17, 15) is 4.79 Å². The van der Waals surface area contributed by atoms with Crippen molar-refractivity contribution in [3.63, 3.8) is 0 Å². The van der Waals surface area contributed by atoms with E-state index in [1.165, 1.54) is 11.3 Å². The van der Waals surface area contributed by atoms with Gasteiger partial charge < -0.3 is 10.1 Å². The molecule has 0 bridgehead atoms. The number of thiazole rings is 1. The molecule has 0 saturated heterocycles. The molecule has 1 amide bonds. The summed E-state index contributed by atoms with van der Waals surface area (Å²) in [6.45, 7) is 7.39. The van der Waals surface area contributed by atoms with Crippen LogP contribution in [-0.2, 0) is 11.8 Å². The molecule has 1 N–H and O–H groups in total. The molecule has 2 aromatic rings. The van der Waals surface area contributed by atoms with Gasteiger partial charge >= 0.3 is 6.09 Å². The lowest BCUT2D eigenvalue weighted by Crippen LogP contribution is -2.34. The lowest BCUT2D eigenvalue weighted by molar-refractivity contribution is 0.0508. The normalized spacial score (nSPS) is 13.0. The van der Waals surface area contributed by atoms with E-state index >= 15 is 0 Å². The van der Waals surface area contributed by atoms with Crippen LogP contribution in [0.5, 0.6) is 0 Å². The van der Waals surface area contributed by atoms with E-state index in [4.69, 9.17) is 4.74 Å². The van der Waals surface area contributed by atoms with Crippen molar-refractivity contribution in [1.29, 1.82) is 0 Å². The molecular weight excluding hydrogens is 288 g/mol. The van der Waals surface area contributed by atoms with Gasteiger partial charge in [0.2, 0.25) is 0 Å². The molecule has 1 unspecified atom stereocenters. The largest absolute Gasteiger partial charge is 0.444 e. The van der Waals surface area contributed by atoms with Gasteiger partial charge in [0.1, 0.15) is 10.6 Å². The standard InChI is InChI=1S/C14H20N4O2S/c1-9(16-13(19)20-14(2,3)4)12-17-11(8-21-12)10-6-15-18(5)7-10/h6-9H,1-5H3,(H,16,19). The van der Waals surface area contributed by atoms with Crippen molar-refractivity contribution in [3.05, 3.63) is 22.8 Å². The minimum Gasteiger partial charge on any atom is -0.444 e. The van der Waals surface area contributed by atoms with Crippen LogP contribution in [-0.4, -0.2) is 26.5 Å². The third-order valence-electron chi connectivity index (χ3n) is 2.63. The van der Waals surface area contributed by atoms with E-state index in [-0.39, 0.29) is 6.04 Å². The molecule has 114 valence electrons. The van der Waals surface area contributed by atoms with Gasteiger partial charge in [0, 0.05) is 24.2 Å². The summed E-state index contributed by atoms with van der Waals surface area (Å²) in [5.74, 6) is 0. The number of aromatic nitrogens is 3. The zero-order chi connectivity index (χ0) is 15.6. The molecular formula is C14H20N4O2S. The summed E-state index contributed by atoms with van der Waals surface area (Å²) < 4.78 is 6.97. The Hall–Kier alpha value is -1.89. The second-order valence-corrected chi connectivity index (χ2v) is 6.73. The number of nitrogens with zero attached hydrogens (tertiary/aromatic N) is 3. The average Bonchev–Trinajstić information content (AvgIpc) is 2.93. The Bertz CT molecular complexity index is 627. The second-order valence-electron chi connectivity index (χ2n) is 5.84. The number of hydrogen-bond acceptors (Lipinski definition) is 5. The van der Waals surface area contributed by atoms with E-state index in [1.807, 2.05) is 46.3 Å². The van der Waals surface area contributed by atoms with Gasteiger partial charge in [-0.2, -0.15) is 5.10 Å². The number of alkyl carbamates (subject to hydrolysis) is 1. The Morgan fingerprint density at radius 3 is 2.76 bits per heavy atom. The molecule has 0 radical (unpaired) electrons. The van der Waals surface area contributed by atoms with Crippen molar-refractivity contribution in [2.45, 2.75) is 39.3 Å². The number of carbonyl (C=O) groups is 1.